The highest BCUT2D eigenvalue weighted by Gasteiger charge is 2.16. The molecular weight excluding hydrogens is 218 g/mol. The molecule has 0 atom stereocenters. The number of nitrogens with two attached hydrogens (primary N) is 1. The van der Waals surface area contributed by atoms with E-state index in [0.29, 0.717) is 11.8 Å². The maximum absolute atomic E-state index is 5.70. The van der Waals surface area contributed by atoms with Crippen molar-refractivity contribution >= 4 is 21.8 Å². The lowest BCUT2D eigenvalue weighted by atomic mass is 9.96. The minimum Gasteiger partial charge on any atom is -0.448 e. The molecule has 1 aromatic rings. The first kappa shape index (κ1) is 9.65. The van der Waals surface area contributed by atoms with Crippen LogP contribution in [-0.4, -0.2) is 0 Å². The number of hydrogen-bond donors (Lipinski definition) is 1. The third kappa shape index (κ3) is 1.66. The highest BCUT2D eigenvalue weighted by atomic mass is 79.9. The molecule has 68 valence electrons. The van der Waals surface area contributed by atoms with E-state index in [1.165, 1.54) is 0 Å². The van der Waals surface area contributed by atoms with E-state index >= 15 is 0 Å². The smallest absolute Gasteiger partial charge is 0.194 e. The van der Waals surface area contributed by atoms with Crippen LogP contribution in [0.3, 0.4) is 0 Å². The van der Waals surface area contributed by atoms with Crippen LogP contribution in [0.4, 0.5) is 5.88 Å². The number of furan rings is 1. The Labute approximate surface area is 81.3 Å². The largest absolute Gasteiger partial charge is 0.448 e. The Morgan fingerprint density at radius 1 is 1.50 bits per heavy atom. The standard InChI is InChI=1S/C9H14BrNO/c1-3-6(4-2)8-7(10)5-12-9(8)11/h5-6H,3-4,11H2,1-2H3. The van der Waals surface area contributed by atoms with Crippen molar-refractivity contribution in [1.29, 1.82) is 0 Å². The fraction of sp³-hybridized carbons (Fsp3) is 0.556. The van der Waals surface area contributed by atoms with Gasteiger partial charge in [0, 0.05) is 5.56 Å². The van der Waals surface area contributed by atoms with Crippen molar-refractivity contribution in [2.24, 2.45) is 0 Å². The first-order valence-corrected chi connectivity index (χ1v) is 5.02. The second-order valence-corrected chi connectivity index (χ2v) is 3.73. The molecule has 1 aromatic heterocycles. The molecule has 1 heterocycles. The summed E-state index contributed by atoms with van der Waals surface area (Å²) in [5.41, 5.74) is 6.82. The van der Waals surface area contributed by atoms with Crippen molar-refractivity contribution in [3.05, 3.63) is 16.3 Å². The lowest BCUT2D eigenvalue weighted by molar-refractivity contribution is 0.573. The second kappa shape index (κ2) is 3.99. The SMILES string of the molecule is CCC(CC)c1c(Br)coc1N. The highest BCUT2D eigenvalue weighted by Crippen LogP contribution is 2.35. The van der Waals surface area contributed by atoms with Gasteiger partial charge in [-0.05, 0) is 34.7 Å². The van der Waals surface area contributed by atoms with Crippen molar-refractivity contribution in [2.45, 2.75) is 32.6 Å². The molecule has 0 aliphatic carbocycles. The summed E-state index contributed by atoms with van der Waals surface area (Å²) in [6.07, 6.45) is 3.85. The van der Waals surface area contributed by atoms with Gasteiger partial charge in [0.15, 0.2) is 5.88 Å². The maximum atomic E-state index is 5.70. The number of hydrogen-bond acceptors (Lipinski definition) is 2. The highest BCUT2D eigenvalue weighted by molar-refractivity contribution is 9.10. The van der Waals surface area contributed by atoms with Crippen LogP contribution >= 0.6 is 15.9 Å². The topological polar surface area (TPSA) is 39.2 Å². The Morgan fingerprint density at radius 2 is 2.08 bits per heavy atom. The fourth-order valence-electron chi connectivity index (χ4n) is 1.45. The van der Waals surface area contributed by atoms with E-state index in [-0.39, 0.29) is 0 Å². The van der Waals surface area contributed by atoms with E-state index in [1.54, 1.807) is 6.26 Å². The zero-order valence-electron chi connectivity index (χ0n) is 7.43. The summed E-state index contributed by atoms with van der Waals surface area (Å²) in [7, 11) is 0. The van der Waals surface area contributed by atoms with Crippen molar-refractivity contribution in [2.75, 3.05) is 5.73 Å². The van der Waals surface area contributed by atoms with Crippen LogP contribution in [0.15, 0.2) is 15.2 Å². The number of anilines is 1. The summed E-state index contributed by atoms with van der Waals surface area (Å²) in [4.78, 5) is 0. The lowest BCUT2D eigenvalue weighted by Crippen LogP contribution is -1.98. The van der Waals surface area contributed by atoms with Crippen LogP contribution in [0.5, 0.6) is 0 Å². The maximum Gasteiger partial charge on any atom is 0.194 e. The molecule has 2 nitrogen and oxygen atoms in total. The van der Waals surface area contributed by atoms with Crippen LogP contribution in [0.2, 0.25) is 0 Å². The van der Waals surface area contributed by atoms with Crippen LogP contribution in [0.25, 0.3) is 0 Å². The van der Waals surface area contributed by atoms with Crippen molar-refractivity contribution < 1.29 is 4.42 Å². The molecule has 0 bridgehead atoms. The second-order valence-electron chi connectivity index (χ2n) is 2.87. The van der Waals surface area contributed by atoms with Crippen LogP contribution < -0.4 is 5.73 Å². The molecule has 0 aliphatic rings. The number of halogens is 1. The molecule has 0 saturated carbocycles. The lowest BCUT2D eigenvalue weighted by Gasteiger charge is -2.10. The normalized spacial score (nSPS) is 11.0. The summed E-state index contributed by atoms with van der Waals surface area (Å²) in [5.74, 6) is 1.06. The molecule has 0 aromatic carbocycles. The molecule has 0 amide bonds. The Bertz CT molecular complexity index is 234. The predicted octanol–water partition coefficient (Wildman–Crippen LogP) is 3.53. The number of rotatable bonds is 3. The van der Waals surface area contributed by atoms with Crippen molar-refractivity contribution in [3.8, 4) is 0 Å². The van der Waals surface area contributed by atoms with Gasteiger partial charge in [0.1, 0.15) is 6.26 Å². The zero-order valence-corrected chi connectivity index (χ0v) is 9.02. The Hall–Kier alpha value is -0.440. The van der Waals surface area contributed by atoms with Gasteiger partial charge >= 0.3 is 0 Å². The van der Waals surface area contributed by atoms with E-state index in [2.05, 4.69) is 29.8 Å². The third-order valence-electron chi connectivity index (χ3n) is 2.21. The van der Waals surface area contributed by atoms with Gasteiger partial charge in [-0.3, -0.25) is 0 Å². The van der Waals surface area contributed by atoms with E-state index in [0.717, 1.165) is 22.9 Å². The van der Waals surface area contributed by atoms with E-state index in [1.807, 2.05) is 0 Å². The first-order valence-electron chi connectivity index (χ1n) is 4.23. The first-order chi connectivity index (χ1) is 5.70. The van der Waals surface area contributed by atoms with Gasteiger partial charge in [-0.1, -0.05) is 13.8 Å². The minimum atomic E-state index is 0.512. The van der Waals surface area contributed by atoms with Gasteiger partial charge in [-0.25, -0.2) is 0 Å². The third-order valence-corrected chi connectivity index (χ3v) is 2.82. The van der Waals surface area contributed by atoms with Gasteiger partial charge in [-0.2, -0.15) is 0 Å². The quantitative estimate of drug-likeness (QED) is 0.865. The van der Waals surface area contributed by atoms with E-state index in [9.17, 15) is 0 Å². The molecule has 0 saturated heterocycles. The average molecular weight is 232 g/mol. The summed E-state index contributed by atoms with van der Waals surface area (Å²) in [6, 6.07) is 0. The molecular formula is C9H14BrNO. The van der Waals surface area contributed by atoms with Crippen LogP contribution in [0.1, 0.15) is 38.2 Å². The van der Waals surface area contributed by atoms with Gasteiger partial charge in [-0.15, -0.1) is 0 Å². The van der Waals surface area contributed by atoms with Gasteiger partial charge in [0.05, 0.1) is 4.47 Å². The van der Waals surface area contributed by atoms with Gasteiger partial charge in [0.2, 0.25) is 0 Å². The Balaban J connectivity index is 2.98. The number of nitrogen functional groups attached to an aromatic ring is 1. The van der Waals surface area contributed by atoms with E-state index < -0.39 is 0 Å². The van der Waals surface area contributed by atoms with Crippen LogP contribution in [0, 0.1) is 0 Å². The zero-order chi connectivity index (χ0) is 9.14. The summed E-state index contributed by atoms with van der Waals surface area (Å²) < 4.78 is 6.10. The molecule has 12 heavy (non-hydrogen) atoms. The molecule has 0 spiro atoms. The average Bonchev–Trinajstić information content (AvgIpc) is 2.38. The molecule has 0 radical (unpaired) electrons. The van der Waals surface area contributed by atoms with Gasteiger partial charge in [0.25, 0.3) is 0 Å². The summed E-state index contributed by atoms with van der Waals surface area (Å²) >= 11 is 3.43. The molecule has 0 fully saturated rings. The summed E-state index contributed by atoms with van der Waals surface area (Å²) in [5, 5.41) is 0. The molecule has 2 N–H and O–H groups in total. The molecule has 3 heteroatoms. The van der Waals surface area contributed by atoms with E-state index in [4.69, 9.17) is 10.2 Å². The van der Waals surface area contributed by atoms with Crippen molar-refractivity contribution in [3.63, 3.8) is 0 Å². The van der Waals surface area contributed by atoms with Crippen LogP contribution in [-0.2, 0) is 0 Å². The molecule has 1 rings (SSSR count). The van der Waals surface area contributed by atoms with Gasteiger partial charge < -0.3 is 10.2 Å². The molecule has 0 aliphatic heterocycles. The predicted molar refractivity (Wildman–Crippen MR) is 54.1 cm³/mol. The Morgan fingerprint density at radius 3 is 2.42 bits per heavy atom. The minimum absolute atomic E-state index is 0.512. The Kier molecular flexibility index (Phi) is 3.20. The fourth-order valence-corrected chi connectivity index (χ4v) is 2.07. The van der Waals surface area contributed by atoms with Crippen molar-refractivity contribution in [1.82, 2.24) is 0 Å². The molecule has 0 unspecified atom stereocenters. The summed E-state index contributed by atoms with van der Waals surface area (Å²) in [6.45, 7) is 4.32. The monoisotopic (exact) mass is 231 g/mol.